The molecule has 0 bridgehead atoms. The van der Waals surface area contributed by atoms with E-state index < -0.39 is 0 Å². The molecule has 0 aliphatic heterocycles. The Morgan fingerprint density at radius 3 is 1.48 bits per heavy atom. The van der Waals surface area contributed by atoms with Gasteiger partial charge in [0, 0.05) is 12.5 Å². The monoisotopic (exact) mass is 379 g/mol. The summed E-state index contributed by atoms with van der Waals surface area (Å²) in [7, 11) is 0. The van der Waals surface area contributed by atoms with Crippen LogP contribution < -0.4 is 5.32 Å². The predicted molar refractivity (Wildman–Crippen MR) is 119 cm³/mol. The zero-order chi connectivity index (χ0) is 19.4. The zero-order valence-electron chi connectivity index (χ0n) is 18.5. The molecular weight excluding hydrogens is 330 g/mol. The molecule has 1 amide bonds. The number of hydrogen-bond acceptors (Lipinski definition) is 1. The summed E-state index contributed by atoms with van der Waals surface area (Å²) in [5, 5.41) is 3.27. The highest BCUT2D eigenvalue weighted by molar-refractivity contribution is 5.76. The summed E-state index contributed by atoms with van der Waals surface area (Å²) >= 11 is 0. The molecule has 0 unspecified atom stereocenters. The van der Waals surface area contributed by atoms with Gasteiger partial charge in [0.25, 0.3) is 0 Å². The molecule has 2 nitrogen and oxygen atoms in total. The number of amides is 1. The quantitative estimate of drug-likeness (QED) is 0.201. The minimum absolute atomic E-state index is 0.302. The van der Waals surface area contributed by atoms with Crippen molar-refractivity contribution in [2.24, 2.45) is 0 Å². The van der Waals surface area contributed by atoms with Crippen LogP contribution in [-0.4, -0.2) is 11.9 Å². The van der Waals surface area contributed by atoms with Crippen LogP contribution in [0, 0.1) is 0 Å². The van der Waals surface area contributed by atoms with Crippen LogP contribution in [0.4, 0.5) is 0 Å². The van der Waals surface area contributed by atoms with Crippen LogP contribution in [0.25, 0.3) is 0 Å². The summed E-state index contributed by atoms with van der Waals surface area (Å²) < 4.78 is 0. The van der Waals surface area contributed by atoms with Crippen LogP contribution >= 0.6 is 0 Å². The predicted octanol–water partition coefficient (Wildman–Crippen LogP) is 8.09. The molecule has 1 aliphatic rings. The molecule has 1 rings (SSSR count). The molecule has 1 aliphatic carbocycles. The van der Waals surface area contributed by atoms with Crippen molar-refractivity contribution in [1.82, 2.24) is 5.32 Å². The SMILES string of the molecule is CCCCCCCCCCCCCCCCCC(=O)NC1CCCCCC1. The fraction of sp³-hybridized carbons (Fsp3) is 0.960. The number of nitrogens with one attached hydrogen (secondary N) is 1. The van der Waals surface area contributed by atoms with Gasteiger partial charge in [0.15, 0.2) is 0 Å². The molecule has 0 heterocycles. The number of carbonyl (C=O) groups is 1. The minimum Gasteiger partial charge on any atom is -0.353 e. The van der Waals surface area contributed by atoms with E-state index in [-0.39, 0.29) is 0 Å². The summed E-state index contributed by atoms with van der Waals surface area (Å²) in [6.07, 6.45) is 29.1. The average molecular weight is 380 g/mol. The summed E-state index contributed by atoms with van der Waals surface area (Å²) in [5.74, 6) is 0.302. The van der Waals surface area contributed by atoms with Crippen LogP contribution in [-0.2, 0) is 4.79 Å². The smallest absolute Gasteiger partial charge is 0.220 e. The van der Waals surface area contributed by atoms with E-state index in [1.54, 1.807) is 0 Å². The third kappa shape index (κ3) is 16.2. The van der Waals surface area contributed by atoms with E-state index in [0.29, 0.717) is 11.9 Å². The lowest BCUT2D eigenvalue weighted by Gasteiger charge is -2.16. The lowest BCUT2D eigenvalue weighted by atomic mass is 10.0. The van der Waals surface area contributed by atoms with E-state index in [1.807, 2.05) is 0 Å². The topological polar surface area (TPSA) is 29.1 Å². The highest BCUT2D eigenvalue weighted by atomic mass is 16.1. The van der Waals surface area contributed by atoms with Crippen LogP contribution in [0.1, 0.15) is 148 Å². The van der Waals surface area contributed by atoms with Gasteiger partial charge in [0.05, 0.1) is 0 Å². The van der Waals surface area contributed by atoms with E-state index in [2.05, 4.69) is 12.2 Å². The molecule has 2 heteroatoms. The first-order chi connectivity index (χ1) is 13.3. The molecule has 0 aromatic rings. The lowest BCUT2D eigenvalue weighted by molar-refractivity contribution is -0.122. The standard InChI is InChI=1S/C25H49NO/c1-2-3-4-5-6-7-8-9-10-11-12-13-14-15-20-23-25(27)26-24-21-18-16-17-19-22-24/h24H,2-23H2,1H3,(H,26,27). The van der Waals surface area contributed by atoms with Gasteiger partial charge in [-0.1, -0.05) is 122 Å². The number of hydrogen-bond donors (Lipinski definition) is 1. The van der Waals surface area contributed by atoms with Crippen LogP contribution in [0.5, 0.6) is 0 Å². The number of rotatable bonds is 17. The van der Waals surface area contributed by atoms with E-state index in [9.17, 15) is 4.79 Å². The Labute approximate surface area is 170 Å². The molecule has 0 atom stereocenters. The van der Waals surface area contributed by atoms with Gasteiger partial charge >= 0.3 is 0 Å². The Kier molecular flexibility index (Phi) is 17.1. The normalized spacial score (nSPS) is 15.6. The molecule has 160 valence electrons. The van der Waals surface area contributed by atoms with Crippen molar-refractivity contribution in [1.29, 1.82) is 0 Å². The van der Waals surface area contributed by atoms with Crippen molar-refractivity contribution in [2.45, 2.75) is 154 Å². The summed E-state index contributed by atoms with van der Waals surface area (Å²) in [6, 6.07) is 0.469. The second-order valence-electron chi connectivity index (χ2n) is 8.96. The molecule has 0 aromatic carbocycles. The van der Waals surface area contributed by atoms with Crippen LogP contribution in [0.2, 0.25) is 0 Å². The first kappa shape index (κ1) is 24.5. The first-order valence-electron chi connectivity index (χ1n) is 12.6. The van der Waals surface area contributed by atoms with Crippen molar-refractivity contribution in [3.8, 4) is 0 Å². The van der Waals surface area contributed by atoms with Crippen molar-refractivity contribution < 1.29 is 4.79 Å². The van der Waals surface area contributed by atoms with Crippen LogP contribution in [0.3, 0.4) is 0 Å². The molecular formula is C25H49NO. The van der Waals surface area contributed by atoms with Gasteiger partial charge in [0.2, 0.25) is 5.91 Å². The molecule has 0 saturated heterocycles. The number of unbranched alkanes of at least 4 members (excludes halogenated alkanes) is 14. The molecule has 1 fully saturated rings. The summed E-state index contributed by atoms with van der Waals surface area (Å²) in [5.41, 5.74) is 0. The highest BCUT2D eigenvalue weighted by Crippen LogP contribution is 2.18. The fourth-order valence-corrected chi connectivity index (χ4v) is 4.38. The third-order valence-electron chi connectivity index (χ3n) is 6.23. The van der Waals surface area contributed by atoms with E-state index in [1.165, 1.54) is 128 Å². The average Bonchev–Trinajstić information content (AvgIpc) is 2.93. The van der Waals surface area contributed by atoms with Crippen LogP contribution in [0.15, 0.2) is 0 Å². The second kappa shape index (κ2) is 18.8. The molecule has 1 N–H and O–H groups in total. The van der Waals surface area contributed by atoms with E-state index in [4.69, 9.17) is 0 Å². The van der Waals surface area contributed by atoms with E-state index >= 15 is 0 Å². The van der Waals surface area contributed by atoms with Crippen molar-refractivity contribution in [2.75, 3.05) is 0 Å². The fourth-order valence-electron chi connectivity index (χ4n) is 4.38. The molecule has 1 saturated carbocycles. The van der Waals surface area contributed by atoms with Gasteiger partial charge in [-0.15, -0.1) is 0 Å². The molecule has 0 spiro atoms. The van der Waals surface area contributed by atoms with Gasteiger partial charge < -0.3 is 5.32 Å². The van der Waals surface area contributed by atoms with E-state index in [0.717, 1.165) is 12.8 Å². The summed E-state index contributed by atoms with van der Waals surface area (Å²) in [6.45, 7) is 2.29. The van der Waals surface area contributed by atoms with Gasteiger partial charge in [-0.25, -0.2) is 0 Å². The Morgan fingerprint density at radius 2 is 1.04 bits per heavy atom. The molecule has 27 heavy (non-hydrogen) atoms. The Balaban J connectivity index is 1.76. The van der Waals surface area contributed by atoms with Crippen molar-refractivity contribution in [3.05, 3.63) is 0 Å². The maximum absolute atomic E-state index is 12.0. The Morgan fingerprint density at radius 1 is 0.630 bits per heavy atom. The first-order valence-corrected chi connectivity index (χ1v) is 12.6. The minimum atomic E-state index is 0.302. The number of carbonyl (C=O) groups excluding carboxylic acids is 1. The maximum atomic E-state index is 12.0. The zero-order valence-corrected chi connectivity index (χ0v) is 18.5. The van der Waals surface area contributed by atoms with Crippen molar-refractivity contribution in [3.63, 3.8) is 0 Å². The van der Waals surface area contributed by atoms with Gasteiger partial charge in [0.1, 0.15) is 0 Å². The van der Waals surface area contributed by atoms with Gasteiger partial charge in [-0.3, -0.25) is 4.79 Å². The second-order valence-corrected chi connectivity index (χ2v) is 8.96. The highest BCUT2D eigenvalue weighted by Gasteiger charge is 2.14. The largest absolute Gasteiger partial charge is 0.353 e. The maximum Gasteiger partial charge on any atom is 0.220 e. The Bertz CT molecular complexity index is 320. The lowest BCUT2D eigenvalue weighted by Crippen LogP contribution is -2.34. The van der Waals surface area contributed by atoms with Crippen molar-refractivity contribution >= 4 is 5.91 Å². The van der Waals surface area contributed by atoms with Gasteiger partial charge in [-0.2, -0.15) is 0 Å². The Hall–Kier alpha value is -0.530. The molecule has 0 radical (unpaired) electrons. The third-order valence-corrected chi connectivity index (χ3v) is 6.23. The summed E-state index contributed by atoms with van der Waals surface area (Å²) in [4.78, 5) is 12.0. The van der Waals surface area contributed by atoms with Gasteiger partial charge in [-0.05, 0) is 19.3 Å². The molecule has 0 aromatic heterocycles.